The normalized spacial score (nSPS) is 10.7. The average molecular weight is 295 g/mol. The molecular formula is C12H13N3O6. The smallest absolute Gasteiger partial charge is 0.355 e. The minimum absolute atomic E-state index is 0.00431. The van der Waals surface area contributed by atoms with Crippen molar-refractivity contribution < 1.29 is 19.1 Å². The van der Waals surface area contributed by atoms with E-state index in [1.165, 1.54) is 14.1 Å². The Morgan fingerprint density at radius 3 is 2.10 bits per heavy atom. The lowest BCUT2D eigenvalue weighted by Crippen LogP contribution is -2.37. The van der Waals surface area contributed by atoms with Gasteiger partial charge in [0.1, 0.15) is 16.8 Å². The van der Waals surface area contributed by atoms with E-state index >= 15 is 0 Å². The molecule has 1 N–H and O–H groups in total. The van der Waals surface area contributed by atoms with Gasteiger partial charge in [0.15, 0.2) is 0 Å². The van der Waals surface area contributed by atoms with Crippen LogP contribution in [0.1, 0.15) is 20.8 Å². The number of aromatic nitrogens is 3. The van der Waals surface area contributed by atoms with Crippen LogP contribution < -0.4 is 11.2 Å². The van der Waals surface area contributed by atoms with E-state index in [0.717, 1.165) is 23.4 Å². The van der Waals surface area contributed by atoms with Crippen molar-refractivity contribution in [2.75, 3.05) is 14.2 Å². The first-order chi connectivity index (χ1) is 9.84. The second-order valence-electron chi connectivity index (χ2n) is 4.29. The molecule has 0 amide bonds. The monoisotopic (exact) mass is 295 g/mol. The number of hydrogen-bond donors (Lipinski definition) is 1. The van der Waals surface area contributed by atoms with Gasteiger partial charge in [-0.25, -0.2) is 14.4 Å². The molecule has 0 saturated carbocycles. The molecule has 112 valence electrons. The molecule has 0 spiro atoms. The van der Waals surface area contributed by atoms with E-state index in [1.807, 2.05) is 0 Å². The van der Waals surface area contributed by atoms with Crippen LogP contribution in [0.3, 0.4) is 0 Å². The molecule has 0 radical (unpaired) electrons. The Hall–Kier alpha value is -2.84. The summed E-state index contributed by atoms with van der Waals surface area (Å²) in [4.78, 5) is 50.3. The van der Waals surface area contributed by atoms with E-state index in [2.05, 4.69) is 14.5 Å². The van der Waals surface area contributed by atoms with Crippen LogP contribution in [0.2, 0.25) is 0 Å². The Kier molecular flexibility index (Phi) is 3.42. The van der Waals surface area contributed by atoms with Crippen LogP contribution in [0.15, 0.2) is 9.59 Å². The van der Waals surface area contributed by atoms with Crippen LogP contribution >= 0.6 is 0 Å². The molecule has 9 heteroatoms. The fourth-order valence-corrected chi connectivity index (χ4v) is 2.11. The Bertz CT molecular complexity index is 870. The van der Waals surface area contributed by atoms with E-state index in [0.29, 0.717) is 0 Å². The molecule has 0 aliphatic carbocycles. The Labute approximate surface area is 117 Å². The largest absolute Gasteiger partial charge is 0.465 e. The number of nitrogens with zero attached hydrogens (tertiary/aromatic N) is 2. The third kappa shape index (κ3) is 1.93. The van der Waals surface area contributed by atoms with Gasteiger partial charge in [0.2, 0.25) is 0 Å². The van der Waals surface area contributed by atoms with Crippen LogP contribution in [-0.2, 0) is 23.6 Å². The summed E-state index contributed by atoms with van der Waals surface area (Å²) < 4.78 is 11.1. The van der Waals surface area contributed by atoms with Crippen molar-refractivity contribution in [3.63, 3.8) is 0 Å². The minimum Gasteiger partial charge on any atom is -0.465 e. The number of hydrogen-bond acceptors (Lipinski definition) is 6. The van der Waals surface area contributed by atoms with Crippen molar-refractivity contribution >= 4 is 23.0 Å². The van der Waals surface area contributed by atoms with Gasteiger partial charge in [-0.1, -0.05) is 0 Å². The molecule has 0 aromatic carbocycles. The zero-order chi connectivity index (χ0) is 15.9. The van der Waals surface area contributed by atoms with Gasteiger partial charge >= 0.3 is 17.6 Å². The SMILES string of the molecule is COC(=O)c1[nH]c2c(=O)n(C)c(=O)n(C)c2c1C(=O)OC. The number of carbonyl (C=O) groups excluding carboxylic acids is 2. The van der Waals surface area contributed by atoms with E-state index in [9.17, 15) is 19.2 Å². The number of H-pyrrole nitrogens is 1. The first-order valence-electron chi connectivity index (χ1n) is 5.83. The highest BCUT2D eigenvalue weighted by Gasteiger charge is 2.28. The van der Waals surface area contributed by atoms with Crippen molar-refractivity contribution in [2.45, 2.75) is 0 Å². The van der Waals surface area contributed by atoms with Crippen LogP contribution in [0.4, 0.5) is 0 Å². The number of methoxy groups -OCH3 is 2. The third-order valence-corrected chi connectivity index (χ3v) is 3.18. The highest BCUT2D eigenvalue weighted by atomic mass is 16.5. The molecule has 2 aromatic heterocycles. The summed E-state index contributed by atoms with van der Waals surface area (Å²) in [5, 5.41) is 0. The maximum Gasteiger partial charge on any atom is 0.355 e. The minimum atomic E-state index is -0.857. The third-order valence-electron chi connectivity index (χ3n) is 3.18. The number of ether oxygens (including phenoxy) is 2. The maximum absolute atomic E-state index is 12.1. The van der Waals surface area contributed by atoms with Crippen molar-refractivity contribution in [2.24, 2.45) is 14.1 Å². The van der Waals surface area contributed by atoms with Crippen LogP contribution in [0.25, 0.3) is 11.0 Å². The summed E-state index contributed by atoms with van der Waals surface area (Å²) in [6.07, 6.45) is 0. The molecule has 0 saturated heterocycles. The summed E-state index contributed by atoms with van der Waals surface area (Å²) in [5.41, 5.74) is -1.80. The van der Waals surface area contributed by atoms with E-state index in [4.69, 9.17) is 0 Å². The molecule has 0 aliphatic heterocycles. The van der Waals surface area contributed by atoms with Crippen molar-refractivity contribution in [1.29, 1.82) is 0 Å². The summed E-state index contributed by atoms with van der Waals surface area (Å²) in [5.74, 6) is -1.70. The van der Waals surface area contributed by atoms with Crippen molar-refractivity contribution in [3.05, 3.63) is 32.1 Å². The highest BCUT2D eigenvalue weighted by Crippen LogP contribution is 2.20. The molecule has 2 aromatic rings. The van der Waals surface area contributed by atoms with Gasteiger partial charge < -0.3 is 14.5 Å². The number of aryl methyl sites for hydroxylation is 1. The molecule has 0 atom stereocenters. The molecule has 0 fully saturated rings. The number of nitrogens with one attached hydrogen (secondary N) is 1. The van der Waals surface area contributed by atoms with E-state index < -0.39 is 23.2 Å². The number of rotatable bonds is 2. The second kappa shape index (κ2) is 4.93. The Balaban J connectivity index is 3.09. The number of fused-ring (bicyclic) bond motifs is 1. The first-order valence-corrected chi connectivity index (χ1v) is 5.83. The second-order valence-corrected chi connectivity index (χ2v) is 4.29. The predicted octanol–water partition coefficient (Wildman–Crippen LogP) is -0.862. The fraction of sp³-hybridized carbons (Fsp3) is 0.333. The molecule has 2 heterocycles. The average Bonchev–Trinajstić information content (AvgIpc) is 2.89. The van der Waals surface area contributed by atoms with Gasteiger partial charge in [-0.3, -0.25) is 13.9 Å². The quantitative estimate of drug-likeness (QED) is 0.721. The van der Waals surface area contributed by atoms with Gasteiger partial charge in [-0.05, 0) is 0 Å². The maximum atomic E-state index is 12.1. The van der Waals surface area contributed by atoms with Crippen LogP contribution in [0, 0.1) is 0 Å². The molecule has 9 nitrogen and oxygen atoms in total. The lowest BCUT2D eigenvalue weighted by atomic mass is 10.2. The first kappa shape index (κ1) is 14.6. The molecule has 2 rings (SSSR count). The van der Waals surface area contributed by atoms with Crippen LogP contribution in [0.5, 0.6) is 0 Å². The molecular weight excluding hydrogens is 282 g/mol. The van der Waals surface area contributed by atoms with Gasteiger partial charge in [0, 0.05) is 14.1 Å². The van der Waals surface area contributed by atoms with Gasteiger partial charge in [0.05, 0.1) is 19.7 Å². The van der Waals surface area contributed by atoms with Crippen molar-refractivity contribution in [3.8, 4) is 0 Å². The summed E-state index contributed by atoms with van der Waals surface area (Å²) in [6.45, 7) is 0. The standard InChI is InChI=1S/C12H13N3O6/c1-14-8-5(10(17)20-3)6(11(18)21-4)13-7(8)9(16)15(2)12(14)19/h13H,1-4H3. The molecule has 0 aliphatic rings. The molecule has 21 heavy (non-hydrogen) atoms. The predicted molar refractivity (Wildman–Crippen MR) is 71.5 cm³/mol. The number of esters is 2. The molecule has 0 unspecified atom stereocenters. The van der Waals surface area contributed by atoms with Gasteiger partial charge in [-0.15, -0.1) is 0 Å². The molecule has 0 bridgehead atoms. The van der Waals surface area contributed by atoms with Gasteiger partial charge in [0.25, 0.3) is 5.56 Å². The lowest BCUT2D eigenvalue weighted by molar-refractivity contribution is 0.0553. The Morgan fingerprint density at radius 1 is 1.00 bits per heavy atom. The van der Waals surface area contributed by atoms with Gasteiger partial charge in [-0.2, -0.15) is 0 Å². The zero-order valence-corrected chi connectivity index (χ0v) is 11.8. The fourth-order valence-electron chi connectivity index (χ4n) is 2.11. The van der Waals surface area contributed by atoms with Crippen molar-refractivity contribution in [1.82, 2.24) is 14.1 Å². The summed E-state index contributed by atoms with van der Waals surface area (Å²) in [7, 11) is 4.93. The van der Waals surface area contributed by atoms with Crippen LogP contribution in [-0.4, -0.2) is 40.3 Å². The Morgan fingerprint density at radius 2 is 1.57 bits per heavy atom. The summed E-state index contributed by atoms with van der Waals surface area (Å²) in [6, 6.07) is 0. The lowest BCUT2D eigenvalue weighted by Gasteiger charge is -2.05. The number of carbonyl (C=O) groups is 2. The number of aromatic amines is 1. The summed E-state index contributed by atoms with van der Waals surface area (Å²) >= 11 is 0. The van der Waals surface area contributed by atoms with E-state index in [-0.39, 0.29) is 22.3 Å². The van der Waals surface area contributed by atoms with E-state index in [1.54, 1.807) is 0 Å². The highest BCUT2D eigenvalue weighted by molar-refractivity contribution is 6.11. The zero-order valence-electron chi connectivity index (χ0n) is 11.8. The topological polar surface area (TPSA) is 112 Å².